The van der Waals surface area contributed by atoms with Crippen LogP contribution >= 0.6 is 0 Å². The van der Waals surface area contributed by atoms with Crippen molar-refractivity contribution in [2.24, 2.45) is 0 Å². The van der Waals surface area contributed by atoms with E-state index in [0.717, 1.165) is 0 Å². The van der Waals surface area contributed by atoms with E-state index in [0.29, 0.717) is 0 Å². The molecule has 10 heavy (non-hydrogen) atoms. The molecular weight excluding hydrogens is 126 g/mol. The molecule has 1 aliphatic rings. The first-order valence-electron chi connectivity index (χ1n) is 3.31. The molecule has 1 aliphatic heterocycles. The molecule has 1 unspecified atom stereocenters. The molecule has 1 rings (SSSR count). The monoisotopic (exact) mass is 138 g/mol. The van der Waals surface area contributed by atoms with E-state index in [2.05, 4.69) is 5.32 Å². The largest absolute Gasteiger partial charge is 0.360 e. The van der Waals surface area contributed by atoms with Crippen molar-refractivity contribution in [3.8, 4) is 0 Å². The molecule has 1 atom stereocenters. The first kappa shape index (κ1) is 7.35. The molecule has 0 saturated heterocycles. The number of ether oxygens (including phenoxy) is 1. The maximum absolute atomic E-state index is 5.22. The SMILES string of the molecule is C[CH]C1(OC)C=CC=CN1. The molecule has 0 saturated carbocycles. The van der Waals surface area contributed by atoms with Crippen molar-refractivity contribution in [1.29, 1.82) is 0 Å². The van der Waals surface area contributed by atoms with Crippen LogP contribution in [0.2, 0.25) is 0 Å². The summed E-state index contributed by atoms with van der Waals surface area (Å²) in [4.78, 5) is 0. The lowest BCUT2D eigenvalue weighted by Crippen LogP contribution is -2.42. The van der Waals surface area contributed by atoms with Crippen LogP contribution in [0.15, 0.2) is 24.4 Å². The standard InChI is InChI=1S/C8H12NO/c1-3-8(10-2)6-4-5-7-9-8/h3-7,9H,1-2H3. The molecule has 55 valence electrons. The Bertz CT molecular complexity index is 157. The van der Waals surface area contributed by atoms with Gasteiger partial charge < -0.3 is 10.1 Å². The van der Waals surface area contributed by atoms with Crippen molar-refractivity contribution in [3.05, 3.63) is 30.8 Å². The second kappa shape index (κ2) is 2.88. The number of methoxy groups -OCH3 is 1. The smallest absolute Gasteiger partial charge is 0.160 e. The first-order valence-corrected chi connectivity index (χ1v) is 3.31. The van der Waals surface area contributed by atoms with Gasteiger partial charge in [-0.3, -0.25) is 0 Å². The molecule has 2 nitrogen and oxygen atoms in total. The molecule has 0 bridgehead atoms. The van der Waals surface area contributed by atoms with E-state index in [1.165, 1.54) is 0 Å². The van der Waals surface area contributed by atoms with Gasteiger partial charge in [-0.15, -0.1) is 0 Å². The average Bonchev–Trinajstić information content (AvgIpc) is 2.06. The second-order valence-electron chi connectivity index (χ2n) is 2.15. The van der Waals surface area contributed by atoms with Gasteiger partial charge in [-0.25, -0.2) is 0 Å². The van der Waals surface area contributed by atoms with Crippen LogP contribution in [0, 0.1) is 6.42 Å². The van der Waals surface area contributed by atoms with E-state index in [9.17, 15) is 0 Å². The quantitative estimate of drug-likeness (QED) is 0.619. The zero-order chi connectivity index (χ0) is 7.45. The zero-order valence-electron chi connectivity index (χ0n) is 6.29. The maximum Gasteiger partial charge on any atom is 0.160 e. The van der Waals surface area contributed by atoms with Crippen molar-refractivity contribution in [3.63, 3.8) is 0 Å². The molecule has 0 aromatic carbocycles. The number of allylic oxidation sites excluding steroid dienone is 2. The molecule has 0 fully saturated rings. The normalized spacial score (nSPS) is 30.2. The molecule has 2 heteroatoms. The highest BCUT2D eigenvalue weighted by Crippen LogP contribution is 2.14. The average molecular weight is 138 g/mol. The molecule has 1 N–H and O–H groups in total. The Morgan fingerprint density at radius 2 is 2.30 bits per heavy atom. The van der Waals surface area contributed by atoms with Gasteiger partial charge in [-0.2, -0.15) is 0 Å². The third-order valence-corrected chi connectivity index (χ3v) is 1.63. The van der Waals surface area contributed by atoms with Crippen LogP contribution in [0.1, 0.15) is 6.92 Å². The minimum atomic E-state index is -0.380. The molecule has 0 spiro atoms. The van der Waals surface area contributed by atoms with Crippen molar-refractivity contribution in [2.75, 3.05) is 7.11 Å². The van der Waals surface area contributed by atoms with E-state index in [4.69, 9.17) is 4.74 Å². The minimum absolute atomic E-state index is 0.380. The van der Waals surface area contributed by atoms with Crippen LogP contribution in [0.25, 0.3) is 0 Å². The molecule has 0 aromatic rings. The Hall–Kier alpha value is -0.760. The van der Waals surface area contributed by atoms with Crippen LogP contribution in [0.3, 0.4) is 0 Å². The summed E-state index contributed by atoms with van der Waals surface area (Å²) in [5.41, 5.74) is -0.380. The van der Waals surface area contributed by atoms with Crippen LogP contribution in [0.5, 0.6) is 0 Å². The summed E-state index contributed by atoms with van der Waals surface area (Å²) in [6, 6.07) is 0. The molecule has 1 radical (unpaired) electrons. The molecule has 0 aliphatic carbocycles. The molecule has 1 heterocycles. The molecule has 0 amide bonds. The summed E-state index contributed by atoms with van der Waals surface area (Å²) in [5.74, 6) is 0. The van der Waals surface area contributed by atoms with Gasteiger partial charge >= 0.3 is 0 Å². The maximum atomic E-state index is 5.22. The third kappa shape index (κ3) is 1.21. The van der Waals surface area contributed by atoms with Crippen LogP contribution in [-0.2, 0) is 4.74 Å². The Kier molecular flexibility index (Phi) is 2.12. The molecule has 0 aromatic heterocycles. The summed E-state index contributed by atoms with van der Waals surface area (Å²) in [7, 11) is 1.68. The predicted molar refractivity (Wildman–Crippen MR) is 41.1 cm³/mol. The minimum Gasteiger partial charge on any atom is -0.360 e. The lowest BCUT2D eigenvalue weighted by molar-refractivity contribution is 0.0417. The van der Waals surface area contributed by atoms with Crippen molar-refractivity contribution < 1.29 is 4.74 Å². The van der Waals surface area contributed by atoms with Gasteiger partial charge in [0.25, 0.3) is 0 Å². The predicted octanol–water partition coefficient (Wildman–Crippen LogP) is 1.23. The number of dihydropyridines is 1. The summed E-state index contributed by atoms with van der Waals surface area (Å²) in [6.07, 6.45) is 9.68. The first-order chi connectivity index (χ1) is 4.83. The number of nitrogens with one attached hydrogen (secondary N) is 1. The Balaban J connectivity index is 2.66. The zero-order valence-corrected chi connectivity index (χ0v) is 6.29. The van der Waals surface area contributed by atoms with Crippen LogP contribution in [0.4, 0.5) is 0 Å². The van der Waals surface area contributed by atoms with E-state index in [-0.39, 0.29) is 5.72 Å². The molecular formula is C8H12NO. The van der Waals surface area contributed by atoms with Gasteiger partial charge in [0.05, 0.1) is 0 Å². The lowest BCUT2D eigenvalue weighted by Gasteiger charge is -2.29. The van der Waals surface area contributed by atoms with Gasteiger partial charge in [0, 0.05) is 13.5 Å². The van der Waals surface area contributed by atoms with Gasteiger partial charge in [-0.1, -0.05) is 13.0 Å². The van der Waals surface area contributed by atoms with E-state index in [1.807, 2.05) is 37.8 Å². The van der Waals surface area contributed by atoms with E-state index in [1.54, 1.807) is 7.11 Å². The Labute approximate surface area is 61.6 Å². The highest BCUT2D eigenvalue weighted by Gasteiger charge is 2.22. The summed E-state index contributed by atoms with van der Waals surface area (Å²) in [6.45, 7) is 1.96. The van der Waals surface area contributed by atoms with Gasteiger partial charge in [0.1, 0.15) is 0 Å². The fraction of sp³-hybridized carbons (Fsp3) is 0.375. The second-order valence-corrected chi connectivity index (χ2v) is 2.15. The van der Waals surface area contributed by atoms with Crippen molar-refractivity contribution >= 4 is 0 Å². The summed E-state index contributed by atoms with van der Waals surface area (Å²) in [5, 5.41) is 3.09. The highest BCUT2D eigenvalue weighted by molar-refractivity contribution is 5.19. The van der Waals surface area contributed by atoms with Crippen molar-refractivity contribution in [1.82, 2.24) is 5.32 Å². The van der Waals surface area contributed by atoms with E-state index < -0.39 is 0 Å². The number of rotatable bonds is 2. The summed E-state index contributed by atoms with van der Waals surface area (Å²) < 4.78 is 5.22. The number of hydrogen-bond acceptors (Lipinski definition) is 2. The fourth-order valence-electron chi connectivity index (χ4n) is 0.905. The van der Waals surface area contributed by atoms with E-state index >= 15 is 0 Å². The topological polar surface area (TPSA) is 21.3 Å². The fourth-order valence-corrected chi connectivity index (χ4v) is 0.905. The summed E-state index contributed by atoms with van der Waals surface area (Å²) >= 11 is 0. The van der Waals surface area contributed by atoms with Gasteiger partial charge in [-0.05, 0) is 18.4 Å². The number of hydrogen-bond donors (Lipinski definition) is 1. The van der Waals surface area contributed by atoms with Crippen molar-refractivity contribution in [2.45, 2.75) is 12.6 Å². The van der Waals surface area contributed by atoms with Crippen LogP contribution < -0.4 is 5.32 Å². The third-order valence-electron chi connectivity index (χ3n) is 1.63. The highest BCUT2D eigenvalue weighted by atomic mass is 16.5. The lowest BCUT2D eigenvalue weighted by atomic mass is 10.1. The van der Waals surface area contributed by atoms with Crippen LogP contribution in [-0.4, -0.2) is 12.8 Å². The Morgan fingerprint density at radius 3 is 2.60 bits per heavy atom. The Morgan fingerprint density at radius 1 is 1.50 bits per heavy atom. The van der Waals surface area contributed by atoms with Gasteiger partial charge in [0.2, 0.25) is 0 Å². The van der Waals surface area contributed by atoms with Gasteiger partial charge in [0.15, 0.2) is 5.72 Å².